The highest BCUT2D eigenvalue weighted by Gasteiger charge is 2.07. The van der Waals surface area contributed by atoms with E-state index in [-0.39, 0.29) is 5.82 Å². The van der Waals surface area contributed by atoms with Gasteiger partial charge in [0, 0.05) is 5.39 Å². The second-order valence-corrected chi connectivity index (χ2v) is 3.29. The molecule has 78 valence electrons. The molecule has 0 atom stereocenters. The summed E-state index contributed by atoms with van der Waals surface area (Å²) < 4.78 is 13.4. The lowest BCUT2D eigenvalue weighted by atomic mass is 10.1. The molecule has 1 aromatic heterocycles. The maximum Gasteiger partial charge on any atom is 0.149 e. The molecule has 2 aromatic rings. The van der Waals surface area contributed by atoms with Crippen molar-refractivity contribution in [1.82, 2.24) is 4.98 Å². The monoisotopic (exact) mass is 205 g/mol. The number of nitrogens with zero attached hydrogens (tertiary/aromatic N) is 1. The van der Waals surface area contributed by atoms with Crippen molar-refractivity contribution in [1.29, 1.82) is 0 Å². The van der Waals surface area contributed by atoms with Crippen LogP contribution in [0.3, 0.4) is 0 Å². The summed E-state index contributed by atoms with van der Waals surface area (Å²) in [7, 11) is 0. The molecule has 0 aliphatic heterocycles. The Morgan fingerprint density at radius 3 is 2.93 bits per heavy atom. The molecule has 4 heteroatoms. The van der Waals surface area contributed by atoms with Crippen LogP contribution in [0.5, 0.6) is 0 Å². The third kappa shape index (κ3) is 1.64. The van der Waals surface area contributed by atoms with Crippen molar-refractivity contribution < 1.29 is 4.39 Å². The summed E-state index contributed by atoms with van der Waals surface area (Å²) in [6.07, 6.45) is 0.712. The number of para-hydroxylation sites is 1. The first-order valence-corrected chi connectivity index (χ1v) is 4.81. The molecule has 0 radical (unpaired) electrons. The minimum atomic E-state index is -0.300. The Labute approximate surface area is 87.1 Å². The van der Waals surface area contributed by atoms with E-state index < -0.39 is 0 Å². The number of fused-ring (bicyclic) bond motifs is 1. The van der Waals surface area contributed by atoms with Crippen LogP contribution in [-0.2, 0) is 6.42 Å². The van der Waals surface area contributed by atoms with Gasteiger partial charge in [-0.1, -0.05) is 19.1 Å². The van der Waals surface area contributed by atoms with Gasteiger partial charge in [0.05, 0.1) is 11.4 Å². The van der Waals surface area contributed by atoms with Gasteiger partial charge in [0.15, 0.2) is 0 Å². The van der Waals surface area contributed by atoms with Crippen molar-refractivity contribution in [3.05, 3.63) is 35.8 Å². The number of nitrogen functional groups attached to an aromatic ring is 1. The van der Waals surface area contributed by atoms with Crippen LogP contribution in [-0.4, -0.2) is 4.98 Å². The van der Waals surface area contributed by atoms with E-state index in [1.54, 1.807) is 6.07 Å². The summed E-state index contributed by atoms with van der Waals surface area (Å²) in [6.45, 7) is 1.95. The Kier molecular flexibility index (Phi) is 2.51. The third-order valence-corrected chi connectivity index (χ3v) is 2.37. The molecule has 0 amide bonds. The normalized spacial score (nSPS) is 10.6. The topological polar surface area (TPSA) is 50.9 Å². The average Bonchev–Trinajstić information content (AvgIpc) is 2.28. The molecule has 0 unspecified atom stereocenters. The van der Waals surface area contributed by atoms with Crippen molar-refractivity contribution in [2.24, 2.45) is 5.84 Å². The molecule has 3 N–H and O–H groups in total. The van der Waals surface area contributed by atoms with E-state index in [2.05, 4.69) is 10.4 Å². The summed E-state index contributed by atoms with van der Waals surface area (Å²) >= 11 is 0. The molecule has 0 saturated carbocycles. The molecule has 0 spiro atoms. The number of hydrazine groups is 1. The zero-order chi connectivity index (χ0) is 10.8. The van der Waals surface area contributed by atoms with Crippen LogP contribution < -0.4 is 11.3 Å². The van der Waals surface area contributed by atoms with Gasteiger partial charge in [-0.15, -0.1) is 0 Å². The van der Waals surface area contributed by atoms with Gasteiger partial charge in [-0.05, 0) is 18.6 Å². The van der Waals surface area contributed by atoms with Gasteiger partial charge in [0.2, 0.25) is 0 Å². The van der Waals surface area contributed by atoms with E-state index in [9.17, 15) is 4.39 Å². The van der Waals surface area contributed by atoms with Crippen LogP contribution in [0.4, 0.5) is 10.1 Å². The second-order valence-electron chi connectivity index (χ2n) is 3.29. The summed E-state index contributed by atoms with van der Waals surface area (Å²) in [6, 6.07) is 6.69. The van der Waals surface area contributed by atoms with Crippen molar-refractivity contribution >= 4 is 16.6 Å². The Morgan fingerprint density at radius 1 is 1.47 bits per heavy atom. The molecule has 1 aromatic carbocycles. The Hall–Kier alpha value is -1.68. The van der Waals surface area contributed by atoms with Crippen LogP contribution in [0.2, 0.25) is 0 Å². The number of anilines is 1. The van der Waals surface area contributed by atoms with Gasteiger partial charge >= 0.3 is 0 Å². The Morgan fingerprint density at radius 2 is 2.27 bits per heavy atom. The van der Waals surface area contributed by atoms with Crippen molar-refractivity contribution in [3.63, 3.8) is 0 Å². The molecular weight excluding hydrogens is 193 g/mol. The third-order valence-electron chi connectivity index (χ3n) is 2.37. The SMILES string of the molecule is CCc1nc2c(F)cccc2cc1NN. The van der Waals surface area contributed by atoms with Gasteiger partial charge in [0.1, 0.15) is 11.3 Å². The molecule has 3 nitrogen and oxygen atoms in total. The molecule has 15 heavy (non-hydrogen) atoms. The van der Waals surface area contributed by atoms with Gasteiger partial charge in [0.25, 0.3) is 0 Å². The van der Waals surface area contributed by atoms with Crippen LogP contribution in [0.25, 0.3) is 10.9 Å². The van der Waals surface area contributed by atoms with E-state index >= 15 is 0 Å². The van der Waals surface area contributed by atoms with Crippen LogP contribution in [0.15, 0.2) is 24.3 Å². The maximum atomic E-state index is 13.4. The number of aromatic nitrogens is 1. The lowest BCUT2D eigenvalue weighted by Gasteiger charge is -2.08. The number of pyridine rings is 1. The van der Waals surface area contributed by atoms with E-state index in [0.29, 0.717) is 11.9 Å². The van der Waals surface area contributed by atoms with Gasteiger partial charge in [-0.25, -0.2) is 9.37 Å². The van der Waals surface area contributed by atoms with Gasteiger partial charge in [-0.3, -0.25) is 5.84 Å². The first-order valence-electron chi connectivity index (χ1n) is 4.81. The van der Waals surface area contributed by atoms with E-state index in [0.717, 1.165) is 16.8 Å². The predicted molar refractivity (Wildman–Crippen MR) is 58.9 cm³/mol. The summed E-state index contributed by atoms with van der Waals surface area (Å²) in [5, 5.41) is 0.750. The zero-order valence-corrected chi connectivity index (χ0v) is 8.42. The quantitative estimate of drug-likeness (QED) is 0.584. The Bertz CT molecular complexity index is 496. The fourth-order valence-corrected chi connectivity index (χ4v) is 1.59. The van der Waals surface area contributed by atoms with E-state index in [1.165, 1.54) is 6.07 Å². The van der Waals surface area contributed by atoms with Gasteiger partial charge in [-0.2, -0.15) is 0 Å². The molecule has 0 bridgehead atoms. The highest BCUT2D eigenvalue weighted by molar-refractivity contribution is 5.83. The zero-order valence-electron chi connectivity index (χ0n) is 8.42. The largest absolute Gasteiger partial charge is 0.322 e. The molecular formula is C11H12FN3. The predicted octanol–water partition coefficient (Wildman–Crippen LogP) is 2.22. The first kappa shape index (κ1) is 9.86. The van der Waals surface area contributed by atoms with Crippen LogP contribution >= 0.6 is 0 Å². The summed E-state index contributed by atoms with van der Waals surface area (Å²) in [5.74, 6) is 5.07. The number of rotatable bonds is 2. The number of halogens is 1. The second kappa shape index (κ2) is 3.82. The minimum Gasteiger partial charge on any atom is -0.322 e. The van der Waals surface area contributed by atoms with E-state index in [4.69, 9.17) is 5.84 Å². The molecule has 0 fully saturated rings. The molecule has 0 aliphatic carbocycles. The van der Waals surface area contributed by atoms with Gasteiger partial charge < -0.3 is 5.43 Å². The standard InChI is InChI=1S/C11H12FN3/c1-2-9-10(15-13)6-7-4-3-5-8(12)11(7)14-9/h3-6,15H,2,13H2,1H3. The average molecular weight is 205 g/mol. The van der Waals surface area contributed by atoms with E-state index in [1.807, 2.05) is 19.1 Å². The number of nitrogens with two attached hydrogens (primary N) is 1. The Balaban J connectivity index is 2.75. The smallest absolute Gasteiger partial charge is 0.149 e. The number of benzene rings is 1. The fourth-order valence-electron chi connectivity index (χ4n) is 1.59. The lowest BCUT2D eigenvalue weighted by Crippen LogP contribution is -2.10. The van der Waals surface area contributed by atoms with Crippen molar-refractivity contribution in [2.75, 3.05) is 5.43 Å². The number of aryl methyl sites for hydroxylation is 1. The summed E-state index contributed by atoms with van der Waals surface area (Å²) in [4.78, 5) is 4.25. The fraction of sp³-hybridized carbons (Fsp3) is 0.182. The number of hydrogen-bond donors (Lipinski definition) is 2. The molecule has 2 rings (SSSR count). The summed E-state index contributed by atoms with van der Waals surface area (Å²) in [5.41, 5.74) is 4.49. The van der Waals surface area contributed by atoms with Crippen molar-refractivity contribution in [3.8, 4) is 0 Å². The minimum absolute atomic E-state index is 0.300. The molecule has 1 heterocycles. The van der Waals surface area contributed by atoms with Crippen LogP contribution in [0.1, 0.15) is 12.6 Å². The highest BCUT2D eigenvalue weighted by atomic mass is 19.1. The van der Waals surface area contributed by atoms with Crippen LogP contribution in [0, 0.1) is 5.82 Å². The molecule has 0 aliphatic rings. The number of hydrogen-bond acceptors (Lipinski definition) is 3. The highest BCUT2D eigenvalue weighted by Crippen LogP contribution is 2.22. The molecule has 0 saturated heterocycles. The maximum absolute atomic E-state index is 13.4. The number of nitrogens with one attached hydrogen (secondary N) is 1. The lowest BCUT2D eigenvalue weighted by molar-refractivity contribution is 0.636. The first-order chi connectivity index (χ1) is 7.26. The van der Waals surface area contributed by atoms with Crippen molar-refractivity contribution in [2.45, 2.75) is 13.3 Å².